The molecule has 0 aromatic carbocycles. The van der Waals surface area contributed by atoms with Crippen molar-refractivity contribution in [2.45, 2.75) is 58.4 Å². The molecule has 1 spiro atoms. The average molecular weight is 446 g/mol. The summed E-state index contributed by atoms with van der Waals surface area (Å²) in [6, 6.07) is 5.89. The maximum absolute atomic E-state index is 12.9. The van der Waals surface area contributed by atoms with Crippen molar-refractivity contribution in [3.63, 3.8) is 0 Å². The van der Waals surface area contributed by atoms with E-state index in [4.69, 9.17) is 9.97 Å². The van der Waals surface area contributed by atoms with Crippen LogP contribution >= 0.6 is 0 Å². The largest absolute Gasteiger partial charge is 0.352 e. The van der Waals surface area contributed by atoms with E-state index >= 15 is 0 Å². The standard InChI is InChI=1S/C25H31N7O/c1-17-14-30(10-11-31(17)23(33)24(2,3)4)21-20-22(29-16-28-21)32(15-25(20)7-5-8-25)19-12-18(13-26)6-9-27-19/h6,9,12,16-17H,5,7-8,10-11,14-15H2,1-4H3/t17-/m1/s1. The fourth-order valence-electron chi connectivity index (χ4n) is 5.46. The van der Waals surface area contributed by atoms with E-state index in [1.54, 1.807) is 18.6 Å². The van der Waals surface area contributed by atoms with Crippen LogP contribution in [-0.4, -0.2) is 58.0 Å². The van der Waals surface area contributed by atoms with Crippen LogP contribution in [0.2, 0.25) is 0 Å². The Balaban J connectivity index is 1.49. The van der Waals surface area contributed by atoms with Crippen molar-refractivity contribution >= 4 is 23.4 Å². The molecule has 3 aliphatic rings. The number of nitrogens with zero attached hydrogens (tertiary/aromatic N) is 7. The quantitative estimate of drug-likeness (QED) is 0.700. The van der Waals surface area contributed by atoms with Crippen molar-refractivity contribution in [1.29, 1.82) is 5.26 Å². The molecular weight excluding hydrogens is 414 g/mol. The van der Waals surface area contributed by atoms with Gasteiger partial charge in [0, 0.05) is 54.8 Å². The van der Waals surface area contributed by atoms with Crippen LogP contribution < -0.4 is 9.80 Å². The Hall–Kier alpha value is -3.21. The van der Waals surface area contributed by atoms with E-state index in [9.17, 15) is 10.1 Å². The number of hydrogen-bond donors (Lipinski definition) is 0. The molecule has 33 heavy (non-hydrogen) atoms. The number of nitriles is 1. The van der Waals surface area contributed by atoms with Crippen molar-refractivity contribution in [3.8, 4) is 6.07 Å². The summed E-state index contributed by atoms with van der Waals surface area (Å²) in [6.45, 7) is 11.1. The smallest absolute Gasteiger partial charge is 0.228 e. The van der Waals surface area contributed by atoms with E-state index in [1.807, 2.05) is 31.7 Å². The summed E-state index contributed by atoms with van der Waals surface area (Å²) in [5, 5.41) is 9.35. The van der Waals surface area contributed by atoms with Crippen molar-refractivity contribution in [2.75, 3.05) is 36.0 Å². The van der Waals surface area contributed by atoms with Crippen LogP contribution in [0.1, 0.15) is 58.1 Å². The summed E-state index contributed by atoms with van der Waals surface area (Å²) in [6.07, 6.45) is 6.73. The number of pyridine rings is 1. The van der Waals surface area contributed by atoms with Gasteiger partial charge in [-0.15, -0.1) is 0 Å². The Labute approximate surface area is 195 Å². The van der Waals surface area contributed by atoms with E-state index in [0.29, 0.717) is 12.1 Å². The molecule has 1 saturated carbocycles. The molecule has 2 fully saturated rings. The van der Waals surface area contributed by atoms with Gasteiger partial charge in [0.25, 0.3) is 0 Å². The first-order chi connectivity index (χ1) is 15.7. The van der Waals surface area contributed by atoms with Crippen LogP contribution in [0.5, 0.6) is 0 Å². The van der Waals surface area contributed by atoms with Crippen LogP contribution in [-0.2, 0) is 10.2 Å². The third-order valence-corrected chi connectivity index (χ3v) is 7.35. The first-order valence-corrected chi connectivity index (χ1v) is 11.8. The number of fused-ring (bicyclic) bond motifs is 2. The maximum Gasteiger partial charge on any atom is 0.228 e. The Morgan fingerprint density at radius 3 is 2.58 bits per heavy atom. The number of carbonyl (C=O) groups excluding carboxylic acids is 1. The molecule has 0 N–H and O–H groups in total. The van der Waals surface area contributed by atoms with Crippen molar-refractivity contribution < 1.29 is 4.79 Å². The lowest BCUT2D eigenvalue weighted by atomic mass is 9.66. The predicted octanol–water partition coefficient (Wildman–Crippen LogP) is 3.40. The number of hydrogen-bond acceptors (Lipinski definition) is 7. The summed E-state index contributed by atoms with van der Waals surface area (Å²) < 4.78 is 0. The Kier molecular flexibility index (Phi) is 5.04. The van der Waals surface area contributed by atoms with Gasteiger partial charge in [-0.2, -0.15) is 5.26 Å². The van der Waals surface area contributed by atoms with Gasteiger partial charge in [0.05, 0.1) is 11.6 Å². The zero-order valence-electron chi connectivity index (χ0n) is 19.9. The lowest BCUT2D eigenvalue weighted by molar-refractivity contribution is -0.142. The van der Waals surface area contributed by atoms with Gasteiger partial charge >= 0.3 is 0 Å². The van der Waals surface area contributed by atoms with E-state index in [2.05, 4.69) is 27.8 Å². The highest BCUT2D eigenvalue weighted by molar-refractivity contribution is 5.82. The molecular formula is C25H31N7O. The first kappa shape index (κ1) is 21.6. The SMILES string of the molecule is C[C@@H]1CN(c2ncnc3c2C2(CCC2)CN3c2cc(C#N)ccn2)CCN1C(=O)C(C)(C)C. The highest BCUT2D eigenvalue weighted by Crippen LogP contribution is 2.56. The van der Waals surface area contributed by atoms with E-state index in [1.165, 1.54) is 12.0 Å². The van der Waals surface area contributed by atoms with E-state index in [-0.39, 0.29) is 22.8 Å². The monoisotopic (exact) mass is 445 g/mol. The maximum atomic E-state index is 12.9. The van der Waals surface area contributed by atoms with Crippen LogP contribution in [0.25, 0.3) is 0 Å². The lowest BCUT2D eigenvalue weighted by Gasteiger charge is -2.45. The summed E-state index contributed by atoms with van der Waals surface area (Å²) >= 11 is 0. The van der Waals surface area contributed by atoms with Gasteiger partial charge < -0.3 is 14.7 Å². The summed E-state index contributed by atoms with van der Waals surface area (Å²) in [4.78, 5) is 33.5. The molecule has 172 valence electrons. The molecule has 0 radical (unpaired) electrons. The molecule has 1 atom stereocenters. The molecule has 1 amide bonds. The minimum atomic E-state index is -0.381. The van der Waals surface area contributed by atoms with Crippen LogP contribution in [0, 0.1) is 16.7 Å². The van der Waals surface area contributed by atoms with Crippen molar-refractivity contribution in [2.24, 2.45) is 5.41 Å². The molecule has 2 aromatic rings. The average Bonchev–Trinajstić information content (AvgIpc) is 3.14. The summed E-state index contributed by atoms with van der Waals surface area (Å²) in [7, 11) is 0. The normalized spacial score (nSPS) is 21.5. The third kappa shape index (κ3) is 3.50. The minimum absolute atomic E-state index is 0.0257. The number of amides is 1. The topological polar surface area (TPSA) is 89.2 Å². The van der Waals surface area contributed by atoms with Crippen molar-refractivity contribution in [3.05, 3.63) is 35.8 Å². The van der Waals surface area contributed by atoms with Gasteiger partial charge in [0.2, 0.25) is 5.91 Å². The number of anilines is 3. The van der Waals surface area contributed by atoms with Gasteiger partial charge in [-0.1, -0.05) is 27.2 Å². The summed E-state index contributed by atoms with van der Waals surface area (Å²) in [5.74, 6) is 2.86. The fourth-order valence-corrected chi connectivity index (χ4v) is 5.46. The molecule has 0 unspecified atom stereocenters. The number of carbonyl (C=O) groups is 1. The molecule has 1 aliphatic carbocycles. The molecule has 4 heterocycles. The van der Waals surface area contributed by atoms with Gasteiger partial charge in [0.1, 0.15) is 23.8 Å². The second-order valence-corrected chi connectivity index (χ2v) is 10.7. The Morgan fingerprint density at radius 2 is 1.94 bits per heavy atom. The van der Waals surface area contributed by atoms with Crippen molar-refractivity contribution in [1.82, 2.24) is 19.9 Å². The molecule has 5 rings (SSSR count). The van der Waals surface area contributed by atoms with Crippen LogP contribution in [0.15, 0.2) is 24.7 Å². The zero-order valence-corrected chi connectivity index (χ0v) is 19.9. The highest BCUT2D eigenvalue weighted by atomic mass is 16.2. The minimum Gasteiger partial charge on any atom is -0.352 e. The number of piperazine rings is 1. The van der Waals surface area contributed by atoms with Gasteiger partial charge in [-0.05, 0) is 31.9 Å². The first-order valence-electron chi connectivity index (χ1n) is 11.8. The Bertz CT molecular complexity index is 1130. The van der Waals surface area contributed by atoms with Crippen LogP contribution in [0.3, 0.4) is 0 Å². The van der Waals surface area contributed by atoms with Crippen LogP contribution in [0.4, 0.5) is 17.5 Å². The van der Waals surface area contributed by atoms with Gasteiger partial charge in [-0.25, -0.2) is 15.0 Å². The third-order valence-electron chi connectivity index (χ3n) is 7.35. The lowest BCUT2D eigenvalue weighted by Crippen LogP contribution is -2.57. The number of rotatable bonds is 2. The molecule has 0 bridgehead atoms. The molecule has 2 aromatic heterocycles. The second kappa shape index (κ2) is 7.68. The van der Waals surface area contributed by atoms with Gasteiger partial charge in [0.15, 0.2) is 0 Å². The fraction of sp³-hybridized carbons (Fsp3) is 0.560. The highest BCUT2D eigenvalue weighted by Gasteiger charge is 2.51. The molecule has 8 nitrogen and oxygen atoms in total. The van der Waals surface area contributed by atoms with Gasteiger partial charge in [-0.3, -0.25) is 4.79 Å². The number of aromatic nitrogens is 3. The second-order valence-electron chi connectivity index (χ2n) is 10.7. The Morgan fingerprint density at radius 1 is 1.18 bits per heavy atom. The molecule has 2 aliphatic heterocycles. The zero-order chi connectivity index (χ0) is 23.4. The van der Waals surface area contributed by atoms with E-state index < -0.39 is 0 Å². The van der Waals surface area contributed by atoms with E-state index in [0.717, 1.165) is 49.9 Å². The predicted molar refractivity (Wildman–Crippen MR) is 126 cm³/mol. The molecule has 1 saturated heterocycles. The molecule has 8 heteroatoms. The summed E-state index contributed by atoms with van der Waals surface area (Å²) in [5.41, 5.74) is 1.45.